The number of nitrogens with zero attached hydrogens (tertiary/aromatic N) is 1. The summed E-state index contributed by atoms with van der Waals surface area (Å²) in [5, 5.41) is 9.03. The van der Waals surface area contributed by atoms with Crippen LogP contribution in [-0.2, 0) is 4.74 Å². The molecule has 20 heavy (non-hydrogen) atoms. The summed E-state index contributed by atoms with van der Waals surface area (Å²) in [7, 11) is 3.35. The van der Waals surface area contributed by atoms with Crippen LogP contribution >= 0.6 is 0 Å². The minimum atomic E-state index is -0.0743. The SMILES string of the molecule is CN=C(NCCNC(=O)c1ccccc1)NCCOC. The first kappa shape index (κ1) is 16.0. The molecule has 0 aliphatic heterocycles. The molecule has 0 unspecified atom stereocenters. The van der Waals surface area contributed by atoms with Crippen molar-refractivity contribution in [2.75, 3.05) is 40.4 Å². The van der Waals surface area contributed by atoms with Crippen molar-refractivity contribution in [3.05, 3.63) is 35.9 Å². The van der Waals surface area contributed by atoms with Gasteiger partial charge in [-0.3, -0.25) is 9.79 Å². The van der Waals surface area contributed by atoms with Gasteiger partial charge in [0.15, 0.2) is 5.96 Å². The van der Waals surface area contributed by atoms with Crippen molar-refractivity contribution in [1.29, 1.82) is 0 Å². The maximum absolute atomic E-state index is 11.8. The van der Waals surface area contributed by atoms with E-state index in [-0.39, 0.29) is 5.91 Å². The van der Waals surface area contributed by atoms with Gasteiger partial charge in [0.1, 0.15) is 0 Å². The van der Waals surface area contributed by atoms with E-state index in [4.69, 9.17) is 4.74 Å². The molecule has 0 saturated heterocycles. The summed E-state index contributed by atoms with van der Waals surface area (Å²) < 4.78 is 4.94. The Morgan fingerprint density at radius 2 is 1.75 bits per heavy atom. The van der Waals surface area contributed by atoms with Crippen LogP contribution in [-0.4, -0.2) is 52.3 Å². The van der Waals surface area contributed by atoms with Crippen molar-refractivity contribution < 1.29 is 9.53 Å². The summed E-state index contributed by atoms with van der Waals surface area (Å²) in [4.78, 5) is 15.8. The molecule has 1 amide bonds. The van der Waals surface area contributed by atoms with E-state index in [2.05, 4.69) is 20.9 Å². The number of guanidine groups is 1. The number of carbonyl (C=O) groups is 1. The number of methoxy groups -OCH3 is 1. The molecule has 0 fully saturated rings. The Labute approximate surface area is 119 Å². The Bertz CT molecular complexity index is 420. The lowest BCUT2D eigenvalue weighted by Gasteiger charge is -2.11. The topological polar surface area (TPSA) is 74.8 Å². The monoisotopic (exact) mass is 278 g/mol. The van der Waals surface area contributed by atoms with Crippen LogP contribution in [0.25, 0.3) is 0 Å². The highest BCUT2D eigenvalue weighted by atomic mass is 16.5. The van der Waals surface area contributed by atoms with Gasteiger partial charge in [0, 0.05) is 39.4 Å². The van der Waals surface area contributed by atoms with Crippen molar-refractivity contribution in [2.45, 2.75) is 0 Å². The van der Waals surface area contributed by atoms with Gasteiger partial charge >= 0.3 is 0 Å². The van der Waals surface area contributed by atoms with Crippen LogP contribution in [0.5, 0.6) is 0 Å². The van der Waals surface area contributed by atoms with E-state index in [1.54, 1.807) is 26.3 Å². The maximum atomic E-state index is 11.8. The van der Waals surface area contributed by atoms with Crippen molar-refractivity contribution >= 4 is 11.9 Å². The predicted molar refractivity (Wildman–Crippen MR) is 80.0 cm³/mol. The molecule has 0 atom stereocenters. The summed E-state index contributed by atoms with van der Waals surface area (Å²) in [6.07, 6.45) is 0. The number of nitrogens with one attached hydrogen (secondary N) is 3. The van der Waals surface area contributed by atoms with Crippen LogP contribution in [0.15, 0.2) is 35.3 Å². The minimum Gasteiger partial charge on any atom is -0.383 e. The predicted octanol–water partition coefficient (Wildman–Crippen LogP) is 0.228. The van der Waals surface area contributed by atoms with Crippen LogP contribution < -0.4 is 16.0 Å². The fourth-order valence-corrected chi connectivity index (χ4v) is 1.54. The number of rotatable bonds is 7. The zero-order valence-electron chi connectivity index (χ0n) is 12.0. The molecule has 0 heterocycles. The van der Waals surface area contributed by atoms with E-state index in [1.807, 2.05) is 18.2 Å². The molecular weight excluding hydrogens is 256 g/mol. The normalized spacial score (nSPS) is 11.0. The molecule has 6 heteroatoms. The highest BCUT2D eigenvalue weighted by Gasteiger charge is 2.03. The largest absolute Gasteiger partial charge is 0.383 e. The summed E-state index contributed by atoms with van der Waals surface area (Å²) in [5.74, 6) is 0.616. The van der Waals surface area contributed by atoms with Crippen LogP contribution in [0.3, 0.4) is 0 Å². The highest BCUT2D eigenvalue weighted by Crippen LogP contribution is 1.96. The molecule has 0 aliphatic rings. The minimum absolute atomic E-state index is 0.0743. The molecule has 1 rings (SSSR count). The van der Waals surface area contributed by atoms with E-state index in [1.165, 1.54) is 0 Å². The van der Waals surface area contributed by atoms with E-state index in [9.17, 15) is 4.79 Å². The zero-order valence-corrected chi connectivity index (χ0v) is 12.0. The average molecular weight is 278 g/mol. The third-order valence-electron chi connectivity index (χ3n) is 2.56. The van der Waals surface area contributed by atoms with Gasteiger partial charge in [0.05, 0.1) is 6.61 Å². The fourth-order valence-electron chi connectivity index (χ4n) is 1.54. The molecule has 0 aliphatic carbocycles. The molecule has 110 valence electrons. The summed E-state index contributed by atoms with van der Waals surface area (Å²) in [6, 6.07) is 9.14. The number of aliphatic imine (C=N–C) groups is 1. The van der Waals surface area contributed by atoms with Crippen LogP contribution in [0.2, 0.25) is 0 Å². The second-order valence-corrected chi connectivity index (χ2v) is 4.04. The number of ether oxygens (including phenoxy) is 1. The number of carbonyl (C=O) groups excluding carboxylic acids is 1. The van der Waals surface area contributed by atoms with Gasteiger partial charge in [-0.05, 0) is 12.1 Å². The smallest absolute Gasteiger partial charge is 0.251 e. The maximum Gasteiger partial charge on any atom is 0.251 e. The van der Waals surface area contributed by atoms with Crippen molar-refractivity contribution in [3.63, 3.8) is 0 Å². The quantitative estimate of drug-likeness (QED) is 0.379. The van der Waals surface area contributed by atoms with Crippen LogP contribution in [0, 0.1) is 0 Å². The van der Waals surface area contributed by atoms with Crippen LogP contribution in [0.1, 0.15) is 10.4 Å². The number of hydrogen-bond donors (Lipinski definition) is 3. The third kappa shape index (κ3) is 6.19. The van der Waals surface area contributed by atoms with E-state index in [0.717, 1.165) is 0 Å². The molecule has 1 aromatic carbocycles. The molecule has 0 aromatic heterocycles. The van der Waals surface area contributed by atoms with Gasteiger partial charge < -0.3 is 20.7 Å². The lowest BCUT2D eigenvalue weighted by molar-refractivity contribution is 0.0954. The molecule has 3 N–H and O–H groups in total. The van der Waals surface area contributed by atoms with E-state index >= 15 is 0 Å². The standard InChI is InChI=1S/C14H22N4O2/c1-15-14(18-10-11-20-2)17-9-8-16-13(19)12-6-4-3-5-7-12/h3-7H,8-11H2,1-2H3,(H,16,19)(H2,15,17,18). The molecule has 1 aromatic rings. The third-order valence-corrected chi connectivity index (χ3v) is 2.56. The van der Waals surface area contributed by atoms with Gasteiger partial charge in [-0.1, -0.05) is 18.2 Å². The number of benzene rings is 1. The summed E-state index contributed by atoms with van der Waals surface area (Å²) in [6.45, 7) is 2.43. The first-order valence-electron chi connectivity index (χ1n) is 6.54. The van der Waals surface area contributed by atoms with Gasteiger partial charge in [0.25, 0.3) is 5.91 Å². The van der Waals surface area contributed by atoms with Crippen molar-refractivity contribution in [3.8, 4) is 0 Å². The summed E-state index contributed by atoms with van der Waals surface area (Å²) >= 11 is 0. The van der Waals surface area contributed by atoms with Gasteiger partial charge in [0.2, 0.25) is 0 Å². The summed E-state index contributed by atoms with van der Waals surface area (Å²) in [5.41, 5.74) is 0.662. The molecule has 0 saturated carbocycles. The lowest BCUT2D eigenvalue weighted by Crippen LogP contribution is -2.42. The second kappa shape index (κ2) is 9.80. The first-order valence-corrected chi connectivity index (χ1v) is 6.54. The zero-order chi connectivity index (χ0) is 14.6. The first-order chi connectivity index (χ1) is 9.77. The fraction of sp³-hybridized carbons (Fsp3) is 0.429. The Morgan fingerprint density at radius 1 is 1.10 bits per heavy atom. The molecular formula is C14H22N4O2. The van der Waals surface area contributed by atoms with Gasteiger partial charge in [-0.25, -0.2) is 0 Å². The van der Waals surface area contributed by atoms with E-state index < -0.39 is 0 Å². The Morgan fingerprint density at radius 3 is 2.40 bits per heavy atom. The van der Waals surface area contributed by atoms with E-state index in [0.29, 0.717) is 37.8 Å². The Hall–Kier alpha value is -2.08. The molecule has 0 radical (unpaired) electrons. The number of hydrogen-bond acceptors (Lipinski definition) is 3. The lowest BCUT2D eigenvalue weighted by atomic mass is 10.2. The molecule has 6 nitrogen and oxygen atoms in total. The number of amides is 1. The van der Waals surface area contributed by atoms with Crippen LogP contribution in [0.4, 0.5) is 0 Å². The van der Waals surface area contributed by atoms with Gasteiger partial charge in [-0.2, -0.15) is 0 Å². The second-order valence-electron chi connectivity index (χ2n) is 4.04. The molecule has 0 spiro atoms. The highest BCUT2D eigenvalue weighted by molar-refractivity contribution is 5.94. The van der Waals surface area contributed by atoms with Crippen molar-refractivity contribution in [1.82, 2.24) is 16.0 Å². The average Bonchev–Trinajstić information content (AvgIpc) is 2.50. The Balaban J connectivity index is 2.19. The van der Waals surface area contributed by atoms with Gasteiger partial charge in [-0.15, -0.1) is 0 Å². The molecule has 0 bridgehead atoms. The Kier molecular flexibility index (Phi) is 7.83. The van der Waals surface area contributed by atoms with Crippen molar-refractivity contribution in [2.24, 2.45) is 4.99 Å².